The van der Waals surface area contributed by atoms with Crippen LogP contribution in [-0.4, -0.2) is 28.2 Å². The number of nitrogens with zero attached hydrogens (tertiary/aromatic N) is 1. The Morgan fingerprint density at radius 3 is 3.29 bits per heavy atom. The fourth-order valence-corrected chi connectivity index (χ4v) is 2.95. The van der Waals surface area contributed by atoms with Crippen LogP contribution in [-0.2, 0) is 12.8 Å². The largest absolute Gasteiger partial charge is 0.449 e. The molecular weight excluding hydrogens is 198 g/mol. The first-order valence-corrected chi connectivity index (χ1v) is 6.16. The SMILES string of the molecule is OCCc1coc(CC2CCSC2)n1. The van der Waals surface area contributed by atoms with Crippen molar-refractivity contribution in [1.29, 1.82) is 0 Å². The highest BCUT2D eigenvalue weighted by molar-refractivity contribution is 7.99. The monoisotopic (exact) mass is 213 g/mol. The van der Waals surface area contributed by atoms with Crippen molar-refractivity contribution in [2.75, 3.05) is 18.1 Å². The van der Waals surface area contributed by atoms with E-state index in [0.717, 1.165) is 23.9 Å². The van der Waals surface area contributed by atoms with Gasteiger partial charge in [0.1, 0.15) is 6.26 Å². The van der Waals surface area contributed by atoms with E-state index in [0.29, 0.717) is 6.42 Å². The van der Waals surface area contributed by atoms with Gasteiger partial charge in [0.25, 0.3) is 0 Å². The van der Waals surface area contributed by atoms with E-state index >= 15 is 0 Å². The van der Waals surface area contributed by atoms with Crippen molar-refractivity contribution in [3.8, 4) is 0 Å². The van der Waals surface area contributed by atoms with E-state index in [1.165, 1.54) is 17.9 Å². The lowest BCUT2D eigenvalue weighted by Gasteiger charge is -2.02. The Morgan fingerprint density at radius 2 is 2.57 bits per heavy atom. The Kier molecular flexibility index (Phi) is 3.48. The second kappa shape index (κ2) is 4.84. The Balaban J connectivity index is 1.88. The summed E-state index contributed by atoms with van der Waals surface area (Å²) in [6, 6.07) is 0. The number of rotatable bonds is 4. The van der Waals surface area contributed by atoms with Crippen LogP contribution in [0.3, 0.4) is 0 Å². The van der Waals surface area contributed by atoms with Crippen molar-refractivity contribution < 1.29 is 9.52 Å². The third-order valence-corrected chi connectivity index (χ3v) is 3.69. The van der Waals surface area contributed by atoms with Crippen LogP contribution in [0, 0.1) is 5.92 Å². The van der Waals surface area contributed by atoms with Gasteiger partial charge in [-0.25, -0.2) is 4.98 Å². The maximum atomic E-state index is 8.73. The lowest BCUT2D eigenvalue weighted by molar-refractivity contribution is 0.298. The van der Waals surface area contributed by atoms with Crippen LogP contribution in [0.4, 0.5) is 0 Å². The number of aromatic nitrogens is 1. The summed E-state index contributed by atoms with van der Waals surface area (Å²) in [6.45, 7) is 0.144. The van der Waals surface area contributed by atoms with Gasteiger partial charge in [0.2, 0.25) is 0 Å². The zero-order valence-electron chi connectivity index (χ0n) is 8.11. The molecule has 3 nitrogen and oxygen atoms in total. The fraction of sp³-hybridized carbons (Fsp3) is 0.700. The number of oxazole rings is 1. The minimum atomic E-state index is 0.144. The van der Waals surface area contributed by atoms with Gasteiger partial charge in [-0.2, -0.15) is 11.8 Å². The van der Waals surface area contributed by atoms with Crippen molar-refractivity contribution in [3.05, 3.63) is 17.8 Å². The molecule has 1 aliphatic rings. The van der Waals surface area contributed by atoms with Gasteiger partial charge in [-0.3, -0.25) is 0 Å². The standard InChI is InChI=1S/C10H15NO2S/c12-3-1-9-6-13-10(11-9)5-8-2-4-14-7-8/h6,8,12H,1-5,7H2. The predicted molar refractivity (Wildman–Crippen MR) is 56.4 cm³/mol. The molecule has 0 aliphatic carbocycles. The van der Waals surface area contributed by atoms with Crippen molar-refractivity contribution in [2.45, 2.75) is 19.3 Å². The van der Waals surface area contributed by atoms with E-state index in [2.05, 4.69) is 4.98 Å². The molecule has 0 spiro atoms. The average molecular weight is 213 g/mol. The van der Waals surface area contributed by atoms with Crippen LogP contribution in [0.15, 0.2) is 10.7 Å². The van der Waals surface area contributed by atoms with Crippen LogP contribution in [0.2, 0.25) is 0 Å². The van der Waals surface area contributed by atoms with E-state index in [1.54, 1.807) is 6.26 Å². The van der Waals surface area contributed by atoms with E-state index in [4.69, 9.17) is 9.52 Å². The molecule has 2 rings (SSSR count). The lowest BCUT2D eigenvalue weighted by atomic mass is 10.1. The molecule has 1 atom stereocenters. The highest BCUT2D eigenvalue weighted by Crippen LogP contribution is 2.26. The third-order valence-electron chi connectivity index (χ3n) is 2.45. The summed E-state index contributed by atoms with van der Waals surface area (Å²) in [6.07, 6.45) is 4.50. The number of aliphatic hydroxyl groups is 1. The summed E-state index contributed by atoms with van der Waals surface area (Å²) in [7, 11) is 0. The molecule has 2 heterocycles. The van der Waals surface area contributed by atoms with Gasteiger partial charge in [0, 0.05) is 19.4 Å². The van der Waals surface area contributed by atoms with Crippen molar-refractivity contribution in [3.63, 3.8) is 0 Å². The molecule has 78 valence electrons. The van der Waals surface area contributed by atoms with E-state index in [1.807, 2.05) is 11.8 Å². The van der Waals surface area contributed by atoms with E-state index < -0.39 is 0 Å². The van der Waals surface area contributed by atoms with Gasteiger partial charge < -0.3 is 9.52 Å². The van der Waals surface area contributed by atoms with E-state index in [9.17, 15) is 0 Å². The molecule has 1 fully saturated rings. The summed E-state index contributed by atoms with van der Waals surface area (Å²) in [5.74, 6) is 4.08. The molecule has 0 aromatic carbocycles. The van der Waals surface area contributed by atoms with Gasteiger partial charge in [-0.15, -0.1) is 0 Å². The molecule has 0 amide bonds. The van der Waals surface area contributed by atoms with Crippen molar-refractivity contribution in [1.82, 2.24) is 4.98 Å². The summed E-state index contributed by atoms with van der Waals surface area (Å²) >= 11 is 2.01. The zero-order chi connectivity index (χ0) is 9.80. The molecule has 1 aromatic heterocycles. The van der Waals surface area contributed by atoms with Gasteiger partial charge >= 0.3 is 0 Å². The van der Waals surface area contributed by atoms with Gasteiger partial charge in [-0.1, -0.05) is 0 Å². The first-order valence-electron chi connectivity index (χ1n) is 5.00. The summed E-state index contributed by atoms with van der Waals surface area (Å²) in [5.41, 5.74) is 0.869. The first kappa shape index (κ1) is 10.1. The Bertz CT molecular complexity index is 281. The lowest BCUT2D eigenvalue weighted by Crippen LogP contribution is -2.03. The Hall–Kier alpha value is -0.480. The highest BCUT2D eigenvalue weighted by atomic mass is 32.2. The molecule has 4 heteroatoms. The molecule has 0 saturated carbocycles. The second-order valence-electron chi connectivity index (χ2n) is 3.64. The van der Waals surface area contributed by atoms with E-state index in [-0.39, 0.29) is 6.61 Å². The molecule has 1 unspecified atom stereocenters. The number of aliphatic hydroxyl groups excluding tert-OH is 1. The molecule has 1 aliphatic heterocycles. The summed E-state index contributed by atoms with van der Waals surface area (Å²) < 4.78 is 5.35. The summed E-state index contributed by atoms with van der Waals surface area (Å²) in [5, 5.41) is 8.73. The summed E-state index contributed by atoms with van der Waals surface area (Å²) in [4.78, 5) is 4.33. The normalized spacial score (nSPS) is 21.6. The number of thioether (sulfide) groups is 1. The Morgan fingerprint density at radius 1 is 1.64 bits per heavy atom. The molecule has 1 aromatic rings. The van der Waals surface area contributed by atoms with Crippen LogP contribution in [0.1, 0.15) is 18.0 Å². The van der Waals surface area contributed by atoms with Crippen LogP contribution < -0.4 is 0 Å². The molecule has 1 saturated heterocycles. The van der Waals surface area contributed by atoms with Gasteiger partial charge in [0.05, 0.1) is 5.69 Å². The van der Waals surface area contributed by atoms with Gasteiger partial charge in [-0.05, 0) is 23.8 Å². The quantitative estimate of drug-likeness (QED) is 0.823. The maximum Gasteiger partial charge on any atom is 0.194 e. The molecule has 14 heavy (non-hydrogen) atoms. The maximum absolute atomic E-state index is 8.73. The van der Waals surface area contributed by atoms with Gasteiger partial charge in [0.15, 0.2) is 5.89 Å². The highest BCUT2D eigenvalue weighted by Gasteiger charge is 2.18. The minimum absolute atomic E-state index is 0.144. The second-order valence-corrected chi connectivity index (χ2v) is 4.79. The van der Waals surface area contributed by atoms with Crippen LogP contribution in [0.25, 0.3) is 0 Å². The third kappa shape index (κ3) is 2.51. The van der Waals surface area contributed by atoms with Crippen LogP contribution >= 0.6 is 11.8 Å². The minimum Gasteiger partial charge on any atom is -0.449 e. The smallest absolute Gasteiger partial charge is 0.194 e. The number of hydrogen-bond acceptors (Lipinski definition) is 4. The predicted octanol–water partition coefficient (Wildman–Crippen LogP) is 1.50. The Labute approximate surface area is 87.9 Å². The molecular formula is C10H15NO2S. The molecule has 0 radical (unpaired) electrons. The van der Waals surface area contributed by atoms with Crippen molar-refractivity contribution >= 4 is 11.8 Å². The average Bonchev–Trinajstić information content (AvgIpc) is 2.79. The fourth-order valence-electron chi connectivity index (χ4n) is 1.66. The van der Waals surface area contributed by atoms with Crippen LogP contribution in [0.5, 0.6) is 0 Å². The molecule has 0 bridgehead atoms. The first-order chi connectivity index (χ1) is 6.88. The zero-order valence-corrected chi connectivity index (χ0v) is 8.92. The van der Waals surface area contributed by atoms with Crippen molar-refractivity contribution in [2.24, 2.45) is 5.92 Å². The molecule has 1 N–H and O–H groups in total. The topological polar surface area (TPSA) is 46.3 Å². The number of hydrogen-bond donors (Lipinski definition) is 1.